The van der Waals surface area contributed by atoms with Crippen molar-refractivity contribution in [2.45, 2.75) is 0 Å². The van der Waals surface area contributed by atoms with Crippen LogP contribution in [0.3, 0.4) is 0 Å². The predicted octanol–water partition coefficient (Wildman–Crippen LogP) is 2.47. The predicted molar refractivity (Wildman–Crippen MR) is 82.3 cm³/mol. The molecule has 23 heavy (non-hydrogen) atoms. The van der Waals surface area contributed by atoms with Gasteiger partial charge in [-0.2, -0.15) is 0 Å². The molecule has 0 saturated carbocycles. The molecule has 0 radical (unpaired) electrons. The Kier molecular flexibility index (Phi) is 5.45. The molecule has 0 unspecified atom stereocenters. The normalized spacial score (nSPS) is 9.96. The van der Waals surface area contributed by atoms with Crippen molar-refractivity contribution in [2.75, 3.05) is 23.7 Å². The van der Waals surface area contributed by atoms with Crippen LogP contribution in [-0.2, 0) is 4.79 Å². The maximum absolute atomic E-state index is 13.6. The Hall–Kier alpha value is -3.16. The van der Waals surface area contributed by atoms with Gasteiger partial charge in [0.25, 0.3) is 0 Å². The highest BCUT2D eigenvalue weighted by Crippen LogP contribution is 2.13. The molecule has 0 fully saturated rings. The number of carbonyl (C=O) groups is 2. The van der Waals surface area contributed by atoms with Crippen LogP contribution in [0.5, 0.6) is 0 Å². The first kappa shape index (κ1) is 16.2. The van der Waals surface area contributed by atoms with Gasteiger partial charge in [-0.3, -0.25) is 4.79 Å². The van der Waals surface area contributed by atoms with E-state index in [9.17, 15) is 14.0 Å². The summed E-state index contributed by atoms with van der Waals surface area (Å²) < 4.78 is 18.2. The summed E-state index contributed by atoms with van der Waals surface area (Å²) in [5.74, 6) is -0.793. The highest BCUT2D eigenvalue weighted by atomic mass is 19.1. The molecule has 0 atom stereocenters. The van der Waals surface area contributed by atoms with Gasteiger partial charge in [0.1, 0.15) is 18.6 Å². The number of anilines is 2. The summed E-state index contributed by atoms with van der Waals surface area (Å²) in [5, 5.41) is 8.41. The number of para-hydroxylation sites is 1. The number of hydrogen-bond acceptors (Lipinski definition) is 4. The third kappa shape index (κ3) is 4.67. The van der Waals surface area contributed by atoms with Crippen LogP contribution in [0, 0.1) is 5.82 Å². The molecular formula is C15H15FN4O3. The number of carbonyl (C=O) groups excluding carboxylic acids is 2. The number of amides is 3. The molecule has 0 saturated heterocycles. The van der Waals surface area contributed by atoms with Crippen molar-refractivity contribution in [2.24, 2.45) is 0 Å². The van der Waals surface area contributed by atoms with E-state index in [4.69, 9.17) is 0 Å². The molecule has 1 aromatic carbocycles. The van der Waals surface area contributed by atoms with Gasteiger partial charge in [0.05, 0.1) is 5.69 Å². The van der Waals surface area contributed by atoms with E-state index >= 15 is 0 Å². The average Bonchev–Trinajstić information content (AvgIpc) is 3.02. The summed E-state index contributed by atoms with van der Waals surface area (Å²) in [5.41, 5.74) is 0.0310. The fourth-order valence-electron chi connectivity index (χ4n) is 1.76. The summed E-state index contributed by atoms with van der Waals surface area (Å²) in [4.78, 5) is 25.3. The molecular weight excluding hydrogens is 303 g/mol. The molecule has 2 N–H and O–H groups in total. The van der Waals surface area contributed by atoms with Crippen LogP contribution in [0.15, 0.2) is 53.8 Å². The molecule has 1 heterocycles. The Labute approximate surface area is 131 Å². The first-order valence-corrected chi connectivity index (χ1v) is 6.71. The zero-order valence-corrected chi connectivity index (χ0v) is 12.2. The minimum atomic E-state index is -0.620. The highest BCUT2D eigenvalue weighted by Gasteiger charge is 2.17. The van der Waals surface area contributed by atoms with E-state index in [1.807, 2.05) is 0 Å². The molecule has 3 amide bonds. The van der Waals surface area contributed by atoms with E-state index in [0.29, 0.717) is 0 Å². The van der Waals surface area contributed by atoms with E-state index in [2.05, 4.69) is 26.9 Å². The number of hydrogen-bond donors (Lipinski definition) is 2. The summed E-state index contributed by atoms with van der Waals surface area (Å²) in [6.07, 6.45) is 2.77. The minimum absolute atomic E-state index is 0.0310. The number of benzene rings is 1. The van der Waals surface area contributed by atoms with Crippen molar-refractivity contribution in [3.63, 3.8) is 0 Å². The van der Waals surface area contributed by atoms with Crippen molar-refractivity contribution in [1.29, 1.82) is 0 Å². The number of nitrogens with one attached hydrogen (secondary N) is 2. The quantitative estimate of drug-likeness (QED) is 0.801. The minimum Gasteiger partial charge on any atom is -0.363 e. The maximum Gasteiger partial charge on any atom is 0.322 e. The molecule has 0 aliphatic carbocycles. The van der Waals surface area contributed by atoms with Crippen LogP contribution < -0.4 is 10.6 Å². The van der Waals surface area contributed by atoms with Gasteiger partial charge in [0.15, 0.2) is 5.82 Å². The average molecular weight is 318 g/mol. The number of halogens is 1. The van der Waals surface area contributed by atoms with Crippen molar-refractivity contribution in [3.05, 3.63) is 55.1 Å². The molecule has 0 bridgehead atoms. The van der Waals surface area contributed by atoms with Crippen LogP contribution in [0.1, 0.15) is 0 Å². The van der Waals surface area contributed by atoms with Crippen molar-refractivity contribution in [1.82, 2.24) is 10.1 Å². The van der Waals surface area contributed by atoms with Gasteiger partial charge in [-0.1, -0.05) is 23.4 Å². The van der Waals surface area contributed by atoms with E-state index in [1.165, 1.54) is 41.5 Å². The lowest BCUT2D eigenvalue weighted by Gasteiger charge is -2.21. The Bertz CT molecular complexity index is 688. The number of urea groups is 1. The SMILES string of the molecule is C=CCN(CC(=O)Nc1ccon1)C(=O)Nc1ccccc1F. The van der Waals surface area contributed by atoms with Crippen LogP contribution in [-0.4, -0.2) is 35.1 Å². The Morgan fingerprint density at radius 1 is 1.30 bits per heavy atom. The highest BCUT2D eigenvalue weighted by molar-refractivity contribution is 5.96. The van der Waals surface area contributed by atoms with Crippen LogP contribution >= 0.6 is 0 Å². The first-order valence-electron chi connectivity index (χ1n) is 6.71. The van der Waals surface area contributed by atoms with E-state index in [-0.39, 0.29) is 24.6 Å². The van der Waals surface area contributed by atoms with Crippen molar-refractivity contribution < 1.29 is 18.5 Å². The Morgan fingerprint density at radius 2 is 2.09 bits per heavy atom. The van der Waals surface area contributed by atoms with Gasteiger partial charge in [0, 0.05) is 12.6 Å². The van der Waals surface area contributed by atoms with Gasteiger partial charge in [0.2, 0.25) is 5.91 Å². The molecule has 8 heteroatoms. The monoisotopic (exact) mass is 318 g/mol. The second kappa shape index (κ2) is 7.74. The molecule has 0 spiro atoms. The van der Waals surface area contributed by atoms with Gasteiger partial charge in [-0.25, -0.2) is 9.18 Å². The smallest absolute Gasteiger partial charge is 0.322 e. The first-order chi connectivity index (χ1) is 11.1. The second-order valence-corrected chi connectivity index (χ2v) is 4.51. The van der Waals surface area contributed by atoms with Gasteiger partial charge in [-0.15, -0.1) is 6.58 Å². The molecule has 0 aliphatic heterocycles. The number of nitrogens with zero attached hydrogens (tertiary/aromatic N) is 2. The molecule has 7 nitrogen and oxygen atoms in total. The van der Waals surface area contributed by atoms with E-state index < -0.39 is 17.8 Å². The van der Waals surface area contributed by atoms with E-state index in [0.717, 1.165) is 0 Å². The summed E-state index contributed by atoms with van der Waals surface area (Å²) in [6.45, 7) is 3.40. The molecule has 1 aromatic heterocycles. The fourth-order valence-corrected chi connectivity index (χ4v) is 1.76. The summed E-state index contributed by atoms with van der Waals surface area (Å²) in [6, 6.07) is 6.60. The Balaban J connectivity index is 1.99. The number of aromatic nitrogens is 1. The lowest BCUT2D eigenvalue weighted by molar-refractivity contribution is -0.116. The lowest BCUT2D eigenvalue weighted by atomic mass is 10.3. The van der Waals surface area contributed by atoms with Crippen LogP contribution in [0.2, 0.25) is 0 Å². The van der Waals surface area contributed by atoms with Gasteiger partial charge < -0.3 is 20.1 Å². The summed E-state index contributed by atoms with van der Waals surface area (Å²) in [7, 11) is 0. The zero-order valence-electron chi connectivity index (χ0n) is 12.2. The van der Waals surface area contributed by atoms with Crippen LogP contribution in [0.4, 0.5) is 20.7 Å². The molecule has 120 valence electrons. The number of rotatable bonds is 6. The lowest BCUT2D eigenvalue weighted by Crippen LogP contribution is -2.40. The van der Waals surface area contributed by atoms with Gasteiger partial charge in [-0.05, 0) is 12.1 Å². The summed E-state index contributed by atoms with van der Waals surface area (Å²) >= 11 is 0. The van der Waals surface area contributed by atoms with Gasteiger partial charge >= 0.3 is 6.03 Å². The maximum atomic E-state index is 13.6. The van der Waals surface area contributed by atoms with Crippen molar-refractivity contribution in [3.8, 4) is 0 Å². The van der Waals surface area contributed by atoms with Crippen LogP contribution in [0.25, 0.3) is 0 Å². The molecule has 2 aromatic rings. The Morgan fingerprint density at radius 3 is 2.74 bits per heavy atom. The van der Waals surface area contributed by atoms with E-state index in [1.54, 1.807) is 6.07 Å². The third-order valence-corrected chi connectivity index (χ3v) is 2.79. The largest absolute Gasteiger partial charge is 0.363 e. The molecule has 0 aliphatic rings. The van der Waals surface area contributed by atoms with Crippen molar-refractivity contribution >= 4 is 23.4 Å². The second-order valence-electron chi connectivity index (χ2n) is 4.51. The standard InChI is InChI=1S/C15H15FN4O3/c1-2-8-20(10-14(21)18-13-7-9-23-19-13)15(22)17-12-6-4-3-5-11(12)16/h2-7,9H,1,8,10H2,(H,17,22)(H,18,19,21). The fraction of sp³-hybridized carbons (Fsp3) is 0.133. The molecule has 2 rings (SSSR count). The topological polar surface area (TPSA) is 87.5 Å². The third-order valence-electron chi connectivity index (χ3n) is 2.79. The zero-order chi connectivity index (χ0) is 16.7.